The van der Waals surface area contributed by atoms with Gasteiger partial charge < -0.3 is 5.32 Å². The van der Waals surface area contributed by atoms with Crippen LogP contribution in [-0.2, 0) is 6.42 Å². The van der Waals surface area contributed by atoms with Gasteiger partial charge in [-0.05, 0) is 30.7 Å². The third kappa shape index (κ3) is 5.57. The van der Waals surface area contributed by atoms with E-state index in [-0.39, 0.29) is 0 Å². The van der Waals surface area contributed by atoms with Crippen molar-refractivity contribution >= 4 is 11.8 Å². The summed E-state index contributed by atoms with van der Waals surface area (Å²) in [6.07, 6.45) is 2.36. The Bertz CT molecular complexity index is 253. The Morgan fingerprint density at radius 1 is 1.19 bits per heavy atom. The summed E-state index contributed by atoms with van der Waals surface area (Å²) in [5, 5.41) is 3.63. The van der Waals surface area contributed by atoms with Crippen LogP contribution in [0.25, 0.3) is 0 Å². The van der Waals surface area contributed by atoms with E-state index in [4.69, 9.17) is 0 Å². The van der Waals surface area contributed by atoms with Crippen molar-refractivity contribution < 1.29 is 0 Å². The van der Waals surface area contributed by atoms with Crippen molar-refractivity contribution in [3.63, 3.8) is 0 Å². The van der Waals surface area contributed by atoms with Gasteiger partial charge in [-0.3, -0.25) is 0 Å². The zero-order valence-corrected chi connectivity index (χ0v) is 11.2. The molecule has 0 amide bonds. The van der Waals surface area contributed by atoms with Crippen LogP contribution in [0.5, 0.6) is 0 Å². The molecule has 1 rings (SSSR count). The molecule has 0 fully saturated rings. The maximum atomic E-state index is 3.63. The molecular formula is C14H23NS. The third-order valence-corrected chi connectivity index (χ3v) is 3.58. The number of benzene rings is 1. The number of hydrogen-bond donors (Lipinski definition) is 1. The molecule has 16 heavy (non-hydrogen) atoms. The molecule has 0 radical (unpaired) electrons. The van der Waals surface area contributed by atoms with Gasteiger partial charge >= 0.3 is 0 Å². The molecule has 1 aromatic rings. The molecule has 0 heterocycles. The van der Waals surface area contributed by atoms with E-state index in [1.165, 1.54) is 23.5 Å². The van der Waals surface area contributed by atoms with Crippen LogP contribution in [0.2, 0.25) is 0 Å². The molecule has 0 bridgehead atoms. The lowest BCUT2D eigenvalue weighted by Crippen LogP contribution is -2.34. The summed E-state index contributed by atoms with van der Waals surface area (Å²) >= 11 is 2.02. The molecule has 1 aromatic carbocycles. The molecule has 0 saturated heterocycles. The van der Waals surface area contributed by atoms with E-state index in [0.29, 0.717) is 6.04 Å². The highest BCUT2D eigenvalue weighted by Gasteiger charge is 2.07. The van der Waals surface area contributed by atoms with Gasteiger partial charge in [-0.2, -0.15) is 11.8 Å². The highest BCUT2D eigenvalue weighted by molar-refractivity contribution is 7.99. The standard InChI is InChI=1S/C14H23NS/c1-3-10-15-14(12-16-4-2)11-13-8-6-5-7-9-13/h5-9,14-15H,3-4,10-12H2,1-2H3. The molecule has 0 spiro atoms. The lowest BCUT2D eigenvalue weighted by molar-refractivity contribution is 0.550. The molecule has 2 heteroatoms. The fourth-order valence-corrected chi connectivity index (χ4v) is 2.45. The van der Waals surface area contributed by atoms with Crippen molar-refractivity contribution in [2.24, 2.45) is 0 Å². The quantitative estimate of drug-likeness (QED) is 0.744. The predicted molar refractivity (Wildman–Crippen MR) is 75.2 cm³/mol. The van der Waals surface area contributed by atoms with Gasteiger partial charge in [0.2, 0.25) is 0 Å². The van der Waals surface area contributed by atoms with Gasteiger partial charge in [-0.1, -0.05) is 44.2 Å². The van der Waals surface area contributed by atoms with Gasteiger partial charge in [0, 0.05) is 11.8 Å². The minimum atomic E-state index is 0.618. The van der Waals surface area contributed by atoms with E-state index in [9.17, 15) is 0 Å². The molecule has 1 nitrogen and oxygen atoms in total. The maximum Gasteiger partial charge on any atom is 0.0198 e. The van der Waals surface area contributed by atoms with E-state index >= 15 is 0 Å². The van der Waals surface area contributed by atoms with Crippen molar-refractivity contribution in [2.75, 3.05) is 18.1 Å². The highest BCUT2D eigenvalue weighted by Crippen LogP contribution is 2.08. The third-order valence-electron chi connectivity index (χ3n) is 2.53. The number of thioether (sulfide) groups is 1. The van der Waals surface area contributed by atoms with Crippen LogP contribution < -0.4 is 5.32 Å². The number of rotatable bonds is 8. The minimum absolute atomic E-state index is 0.618. The summed E-state index contributed by atoms with van der Waals surface area (Å²) in [5.74, 6) is 2.42. The predicted octanol–water partition coefficient (Wildman–Crippen LogP) is 3.35. The summed E-state index contributed by atoms with van der Waals surface area (Å²) in [5.41, 5.74) is 1.44. The Hall–Kier alpha value is -0.470. The van der Waals surface area contributed by atoms with Gasteiger partial charge in [-0.15, -0.1) is 0 Å². The van der Waals surface area contributed by atoms with Crippen molar-refractivity contribution in [3.05, 3.63) is 35.9 Å². The Kier molecular flexibility index (Phi) is 7.35. The summed E-state index contributed by atoms with van der Waals surface area (Å²) in [6.45, 7) is 5.57. The van der Waals surface area contributed by atoms with Crippen LogP contribution in [0, 0.1) is 0 Å². The molecule has 0 saturated carbocycles. The van der Waals surface area contributed by atoms with E-state index in [2.05, 4.69) is 49.5 Å². The average molecular weight is 237 g/mol. The largest absolute Gasteiger partial charge is 0.313 e. The molecule has 1 unspecified atom stereocenters. The van der Waals surface area contributed by atoms with E-state index in [0.717, 1.165) is 13.0 Å². The molecule has 0 aliphatic heterocycles. The van der Waals surface area contributed by atoms with Gasteiger partial charge in [0.15, 0.2) is 0 Å². The first-order chi connectivity index (χ1) is 7.86. The lowest BCUT2D eigenvalue weighted by atomic mass is 10.1. The number of hydrogen-bond acceptors (Lipinski definition) is 2. The maximum absolute atomic E-state index is 3.63. The fourth-order valence-electron chi connectivity index (χ4n) is 1.70. The Balaban J connectivity index is 2.42. The first kappa shape index (κ1) is 13.6. The van der Waals surface area contributed by atoms with Gasteiger partial charge in [0.1, 0.15) is 0 Å². The smallest absolute Gasteiger partial charge is 0.0198 e. The fraction of sp³-hybridized carbons (Fsp3) is 0.571. The first-order valence-electron chi connectivity index (χ1n) is 6.21. The Labute approximate surface area is 104 Å². The summed E-state index contributed by atoms with van der Waals surface area (Å²) in [7, 11) is 0. The Morgan fingerprint density at radius 2 is 1.94 bits per heavy atom. The van der Waals surface area contributed by atoms with E-state index in [1.54, 1.807) is 0 Å². The molecule has 1 N–H and O–H groups in total. The van der Waals surface area contributed by atoms with Crippen LogP contribution >= 0.6 is 11.8 Å². The zero-order chi connectivity index (χ0) is 11.6. The van der Waals surface area contributed by atoms with E-state index < -0.39 is 0 Å². The molecule has 1 atom stereocenters. The van der Waals surface area contributed by atoms with Crippen LogP contribution in [-0.4, -0.2) is 24.1 Å². The van der Waals surface area contributed by atoms with Crippen LogP contribution in [0.15, 0.2) is 30.3 Å². The van der Waals surface area contributed by atoms with E-state index in [1.807, 2.05) is 11.8 Å². The van der Waals surface area contributed by atoms with Crippen molar-refractivity contribution in [1.82, 2.24) is 5.32 Å². The molecular weight excluding hydrogens is 214 g/mol. The monoisotopic (exact) mass is 237 g/mol. The van der Waals surface area contributed by atoms with Crippen LogP contribution in [0.4, 0.5) is 0 Å². The summed E-state index contributed by atoms with van der Waals surface area (Å²) < 4.78 is 0. The van der Waals surface area contributed by atoms with Crippen LogP contribution in [0.3, 0.4) is 0 Å². The SMILES string of the molecule is CCCNC(CSCC)Cc1ccccc1. The second-order valence-electron chi connectivity index (χ2n) is 4.00. The van der Waals surface area contributed by atoms with Crippen molar-refractivity contribution in [1.29, 1.82) is 0 Å². The van der Waals surface area contributed by atoms with Gasteiger partial charge in [0.05, 0.1) is 0 Å². The molecule has 0 aliphatic rings. The second kappa shape index (κ2) is 8.66. The minimum Gasteiger partial charge on any atom is -0.313 e. The highest BCUT2D eigenvalue weighted by atomic mass is 32.2. The molecule has 0 aliphatic carbocycles. The first-order valence-corrected chi connectivity index (χ1v) is 7.37. The van der Waals surface area contributed by atoms with Gasteiger partial charge in [-0.25, -0.2) is 0 Å². The van der Waals surface area contributed by atoms with Crippen molar-refractivity contribution in [3.8, 4) is 0 Å². The number of nitrogens with one attached hydrogen (secondary N) is 1. The zero-order valence-electron chi connectivity index (χ0n) is 10.4. The van der Waals surface area contributed by atoms with Gasteiger partial charge in [0.25, 0.3) is 0 Å². The van der Waals surface area contributed by atoms with Crippen LogP contribution in [0.1, 0.15) is 25.8 Å². The van der Waals surface area contributed by atoms with Crippen molar-refractivity contribution in [2.45, 2.75) is 32.7 Å². The summed E-state index contributed by atoms with van der Waals surface area (Å²) in [4.78, 5) is 0. The lowest BCUT2D eigenvalue weighted by Gasteiger charge is -2.18. The average Bonchev–Trinajstić information content (AvgIpc) is 2.34. The Morgan fingerprint density at radius 3 is 2.56 bits per heavy atom. The normalized spacial score (nSPS) is 12.6. The molecule has 0 aromatic heterocycles. The second-order valence-corrected chi connectivity index (χ2v) is 5.32. The topological polar surface area (TPSA) is 12.0 Å². The summed E-state index contributed by atoms with van der Waals surface area (Å²) in [6, 6.07) is 11.4. The molecule has 90 valence electrons.